The third-order valence-corrected chi connectivity index (χ3v) is 3.24. The largest absolute Gasteiger partial charge is 0.435 e. The molecule has 2 aromatic carbocycles. The summed E-state index contributed by atoms with van der Waals surface area (Å²) in [6.07, 6.45) is -0.0259. The van der Waals surface area contributed by atoms with E-state index in [0.717, 1.165) is 0 Å². The Bertz CT molecular complexity index is 726. The zero-order valence-electron chi connectivity index (χ0n) is 12.5. The zero-order chi connectivity index (χ0) is 18.4. The molecule has 0 aliphatic rings. The molecule has 0 aromatic heterocycles. The molecule has 0 atom stereocenters. The van der Waals surface area contributed by atoms with Gasteiger partial charge in [0, 0.05) is 5.69 Å². The molecule has 0 aliphatic heterocycles. The Morgan fingerprint density at radius 3 is 2.20 bits per heavy atom. The van der Waals surface area contributed by atoms with Gasteiger partial charge in [0.05, 0.1) is 11.4 Å². The fraction of sp³-hybridized carbons (Fsp3) is 0.188. The van der Waals surface area contributed by atoms with Crippen LogP contribution < -0.4 is 14.8 Å². The summed E-state index contributed by atoms with van der Waals surface area (Å²) in [4.78, 5) is 12.0. The first-order valence-corrected chi connectivity index (χ1v) is 7.29. The van der Waals surface area contributed by atoms with Crippen LogP contribution in [-0.2, 0) is 11.2 Å². The summed E-state index contributed by atoms with van der Waals surface area (Å²) in [6, 6.07) is 9.44. The second-order valence-corrected chi connectivity index (χ2v) is 5.18. The predicted octanol–water partition coefficient (Wildman–Crippen LogP) is 4.72. The molecular formula is C16H12ClF4NO3. The van der Waals surface area contributed by atoms with E-state index in [-0.39, 0.29) is 22.9 Å². The van der Waals surface area contributed by atoms with E-state index >= 15 is 0 Å². The Labute approximate surface area is 145 Å². The quantitative estimate of drug-likeness (QED) is 0.710. The molecule has 0 heterocycles. The molecule has 0 aliphatic carbocycles. The van der Waals surface area contributed by atoms with Crippen molar-refractivity contribution in [2.75, 3.05) is 5.32 Å². The maximum atomic E-state index is 12.2. The normalized spacial score (nSPS) is 10.8. The second-order valence-electron chi connectivity index (χ2n) is 4.77. The van der Waals surface area contributed by atoms with Crippen molar-refractivity contribution >= 4 is 23.2 Å². The minimum atomic E-state index is -3.00. The predicted molar refractivity (Wildman–Crippen MR) is 83.5 cm³/mol. The van der Waals surface area contributed by atoms with Crippen LogP contribution in [-0.4, -0.2) is 19.1 Å². The Hall–Kier alpha value is -2.48. The van der Waals surface area contributed by atoms with Gasteiger partial charge in [-0.3, -0.25) is 4.79 Å². The van der Waals surface area contributed by atoms with Crippen LogP contribution in [0.3, 0.4) is 0 Å². The third-order valence-electron chi connectivity index (χ3n) is 2.94. The lowest BCUT2D eigenvalue weighted by atomic mass is 10.1. The van der Waals surface area contributed by atoms with Gasteiger partial charge in [0.1, 0.15) is 11.5 Å². The van der Waals surface area contributed by atoms with Gasteiger partial charge in [-0.05, 0) is 35.9 Å². The number of hydrogen-bond acceptors (Lipinski definition) is 3. The first-order valence-electron chi connectivity index (χ1n) is 6.91. The minimum absolute atomic E-state index is 0.0134. The topological polar surface area (TPSA) is 47.6 Å². The van der Waals surface area contributed by atoms with Gasteiger partial charge in [0.25, 0.3) is 0 Å². The SMILES string of the molecule is O=C(Cc1ccc(OC(F)F)cc1)Nc1ccc(OC(F)F)c(Cl)c1. The Morgan fingerprint density at radius 1 is 1.00 bits per heavy atom. The number of benzene rings is 2. The lowest BCUT2D eigenvalue weighted by Crippen LogP contribution is -2.14. The summed E-state index contributed by atoms with van der Waals surface area (Å²) in [5.74, 6) is -0.619. The van der Waals surface area contributed by atoms with Gasteiger partial charge in [0.15, 0.2) is 0 Å². The lowest BCUT2D eigenvalue weighted by molar-refractivity contribution is -0.115. The fourth-order valence-electron chi connectivity index (χ4n) is 1.95. The molecule has 25 heavy (non-hydrogen) atoms. The van der Waals surface area contributed by atoms with Gasteiger partial charge >= 0.3 is 13.2 Å². The molecular weight excluding hydrogens is 366 g/mol. The second kappa shape index (κ2) is 8.57. The Kier molecular flexibility index (Phi) is 6.46. The maximum Gasteiger partial charge on any atom is 0.387 e. The first-order chi connectivity index (χ1) is 11.8. The number of hydrogen-bond donors (Lipinski definition) is 1. The van der Waals surface area contributed by atoms with Crippen molar-refractivity contribution in [2.24, 2.45) is 0 Å². The number of halogens is 5. The summed E-state index contributed by atoms with van der Waals surface area (Å²) < 4.78 is 56.8. The fourth-order valence-corrected chi connectivity index (χ4v) is 2.17. The van der Waals surface area contributed by atoms with Crippen LogP contribution in [0.2, 0.25) is 5.02 Å². The average Bonchev–Trinajstić information content (AvgIpc) is 2.51. The van der Waals surface area contributed by atoms with Crippen molar-refractivity contribution in [3.05, 3.63) is 53.1 Å². The first kappa shape index (κ1) is 18.9. The van der Waals surface area contributed by atoms with Crippen molar-refractivity contribution in [3.8, 4) is 11.5 Å². The minimum Gasteiger partial charge on any atom is -0.435 e. The van der Waals surface area contributed by atoms with Gasteiger partial charge in [-0.25, -0.2) is 0 Å². The highest BCUT2D eigenvalue weighted by molar-refractivity contribution is 6.32. The van der Waals surface area contributed by atoms with Gasteiger partial charge in [-0.2, -0.15) is 17.6 Å². The molecule has 2 aromatic rings. The van der Waals surface area contributed by atoms with Crippen LogP contribution in [0.1, 0.15) is 5.56 Å². The molecule has 1 N–H and O–H groups in total. The highest BCUT2D eigenvalue weighted by atomic mass is 35.5. The van der Waals surface area contributed by atoms with Gasteiger partial charge in [0.2, 0.25) is 5.91 Å². The summed E-state index contributed by atoms with van der Waals surface area (Å²) in [5, 5.41) is 2.46. The molecule has 2 rings (SSSR count). The lowest BCUT2D eigenvalue weighted by Gasteiger charge is -2.10. The number of nitrogens with one attached hydrogen (secondary N) is 1. The summed E-state index contributed by atoms with van der Waals surface area (Å²) in [7, 11) is 0. The van der Waals surface area contributed by atoms with E-state index in [1.165, 1.54) is 42.5 Å². The van der Waals surface area contributed by atoms with E-state index in [1.54, 1.807) is 0 Å². The van der Waals surface area contributed by atoms with Crippen molar-refractivity contribution in [2.45, 2.75) is 19.6 Å². The molecule has 1 amide bonds. The molecule has 9 heteroatoms. The highest BCUT2D eigenvalue weighted by Crippen LogP contribution is 2.29. The molecule has 4 nitrogen and oxygen atoms in total. The van der Waals surface area contributed by atoms with Crippen LogP contribution in [0, 0.1) is 0 Å². The number of rotatable bonds is 7. The summed E-state index contributed by atoms with van der Waals surface area (Å²) in [5.41, 5.74) is 0.872. The van der Waals surface area contributed by atoms with E-state index < -0.39 is 19.1 Å². The van der Waals surface area contributed by atoms with E-state index in [2.05, 4.69) is 14.8 Å². The monoisotopic (exact) mass is 377 g/mol. The highest BCUT2D eigenvalue weighted by Gasteiger charge is 2.11. The van der Waals surface area contributed by atoms with Crippen LogP contribution in [0.25, 0.3) is 0 Å². The van der Waals surface area contributed by atoms with Gasteiger partial charge < -0.3 is 14.8 Å². The number of alkyl halides is 4. The van der Waals surface area contributed by atoms with Gasteiger partial charge in [-0.15, -0.1) is 0 Å². The van der Waals surface area contributed by atoms with E-state index in [9.17, 15) is 22.4 Å². The van der Waals surface area contributed by atoms with Crippen LogP contribution >= 0.6 is 11.6 Å². The third kappa shape index (κ3) is 6.15. The van der Waals surface area contributed by atoms with Crippen LogP contribution in [0.4, 0.5) is 23.2 Å². The molecule has 0 saturated heterocycles. The Balaban J connectivity index is 1.94. The number of carbonyl (C=O) groups excluding carboxylic acids is 1. The van der Waals surface area contributed by atoms with Crippen molar-refractivity contribution in [1.82, 2.24) is 0 Å². The van der Waals surface area contributed by atoms with E-state index in [4.69, 9.17) is 11.6 Å². The average molecular weight is 378 g/mol. The molecule has 0 fully saturated rings. The van der Waals surface area contributed by atoms with Crippen molar-refractivity contribution in [3.63, 3.8) is 0 Å². The van der Waals surface area contributed by atoms with Crippen molar-refractivity contribution < 1.29 is 31.8 Å². The molecule has 0 bridgehead atoms. The maximum absolute atomic E-state index is 12.2. The summed E-state index contributed by atoms with van der Waals surface area (Å²) >= 11 is 5.79. The van der Waals surface area contributed by atoms with Crippen LogP contribution in [0.5, 0.6) is 11.5 Å². The molecule has 0 unspecified atom stereocenters. The number of amides is 1. The summed E-state index contributed by atoms with van der Waals surface area (Å²) in [6.45, 7) is -5.93. The molecule has 0 radical (unpaired) electrons. The molecule has 0 saturated carbocycles. The van der Waals surface area contributed by atoms with E-state index in [1.807, 2.05) is 0 Å². The number of carbonyl (C=O) groups is 1. The smallest absolute Gasteiger partial charge is 0.387 e. The van der Waals surface area contributed by atoms with E-state index in [0.29, 0.717) is 11.3 Å². The van der Waals surface area contributed by atoms with Crippen LogP contribution in [0.15, 0.2) is 42.5 Å². The number of ether oxygens (including phenoxy) is 2. The Morgan fingerprint density at radius 2 is 1.64 bits per heavy atom. The van der Waals surface area contributed by atoms with Crippen molar-refractivity contribution in [1.29, 1.82) is 0 Å². The standard InChI is InChI=1S/C16H12ClF4NO3/c17-12-8-10(3-6-13(12)25-16(20)21)22-14(23)7-9-1-4-11(5-2-9)24-15(18)19/h1-6,8,15-16H,7H2,(H,22,23). The van der Waals surface area contributed by atoms with Gasteiger partial charge in [-0.1, -0.05) is 23.7 Å². The molecule has 134 valence electrons. The number of anilines is 1. The zero-order valence-corrected chi connectivity index (χ0v) is 13.3. The molecule has 0 spiro atoms.